The van der Waals surface area contributed by atoms with Crippen LogP contribution in [0.2, 0.25) is 0 Å². The molecule has 1 N–H and O–H groups in total. The van der Waals surface area contributed by atoms with Gasteiger partial charge in [-0.3, -0.25) is 9.42 Å². The lowest BCUT2D eigenvalue weighted by atomic mass is 9.94. The molecule has 4 aromatic carbocycles. The van der Waals surface area contributed by atoms with Crippen molar-refractivity contribution >= 4 is 40.1 Å². The van der Waals surface area contributed by atoms with E-state index in [4.69, 9.17) is 4.52 Å². The Morgan fingerprint density at radius 2 is 1.45 bits per heavy atom. The molecule has 0 amide bonds. The molecule has 0 bridgehead atoms. The van der Waals surface area contributed by atoms with E-state index in [9.17, 15) is 9.46 Å². The minimum Gasteiger partial charge on any atom is -0.403 e. The summed E-state index contributed by atoms with van der Waals surface area (Å²) in [6.45, 7) is 0. The van der Waals surface area contributed by atoms with Crippen molar-refractivity contribution in [2.75, 3.05) is 7.11 Å². The molecule has 4 rings (SSSR count). The molecule has 22 heavy (non-hydrogen) atoms. The Balaban J connectivity index is 2.10. The molecule has 0 saturated carbocycles. The fraction of sp³-hybridized carbons (Fsp3) is 0.0588. The Hall–Kier alpha value is -2.13. The van der Waals surface area contributed by atoms with Crippen LogP contribution in [0.1, 0.15) is 0 Å². The molecule has 1 atom stereocenters. The van der Waals surface area contributed by atoms with Crippen LogP contribution >= 0.6 is 7.82 Å². The summed E-state index contributed by atoms with van der Waals surface area (Å²) in [6.07, 6.45) is 0. The number of phosphoric ester groups is 1. The largest absolute Gasteiger partial charge is 0.527 e. The first-order valence-electron chi connectivity index (χ1n) is 6.84. The summed E-state index contributed by atoms with van der Waals surface area (Å²) >= 11 is 0. The molecule has 1 unspecified atom stereocenters. The lowest BCUT2D eigenvalue weighted by Crippen LogP contribution is -1.95. The molecule has 0 aliphatic rings. The van der Waals surface area contributed by atoms with Crippen LogP contribution in [0.4, 0.5) is 0 Å². The standard InChI is InChI=1S/C17H13O4P/c1-20-22(18,19)21-15-10-8-13-6-5-11-3-2-4-12-7-9-14(15)17(13)16(11)12/h2-10H,1H3,(H,18,19). The normalized spacial score (nSPS) is 14.6. The van der Waals surface area contributed by atoms with E-state index in [-0.39, 0.29) is 0 Å². The van der Waals surface area contributed by atoms with Gasteiger partial charge in [0.1, 0.15) is 5.75 Å². The van der Waals surface area contributed by atoms with Gasteiger partial charge in [-0.25, -0.2) is 4.57 Å². The molecule has 0 heterocycles. The lowest BCUT2D eigenvalue weighted by Gasteiger charge is -2.15. The fourth-order valence-corrected chi connectivity index (χ4v) is 3.43. The molecular formula is C17H13O4P. The van der Waals surface area contributed by atoms with Crippen molar-refractivity contribution < 1.29 is 18.5 Å². The van der Waals surface area contributed by atoms with Crippen molar-refractivity contribution in [2.24, 2.45) is 0 Å². The minimum absolute atomic E-state index is 0.346. The molecule has 110 valence electrons. The van der Waals surface area contributed by atoms with Crippen LogP contribution in [-0.4, -0.2) is 12.0 Å². The molecule has 5 heteroatoms. The van der Waals surface area contributed by atoms with Crippen LogP contribution < -0.4 is 4.52 Å². The number of rotatable bonds is 3. The van der Waals surface area contributed by atoms with Gasteiger partial charge in [0.25, 0.3) is 0 Å². The van der Waals surface area contributed by atoms with Gasteiger partial charge in [0, 0.05) is 17.9 Å². The first-order chi connectivity index (χ1) is 10.6. The third kappa shape index (κ3) is 1.97. The average Bonchev–Trinajstić information content (AvgIpc) is 2.54. The fourth-order valence-electron chi connectivity index (χ4n) is 2.95. The summed E-state index contributed by atoms with van der Waals surface area (Å²) in [5.74, 6) is 0.346. The maximum Gasteiger partial charge on any atom is 0.527 e. The molecule has 0 aliphatic heterocycles. The summed E-state index contributed by atoms with van der Waals surface area (Å²) < 4.78 is 21.4. The van der Waals surface area contributed by atoms with Crippen LogP contribution in [0.3, 0.4) is 0 Å². The monoisotopic (exact) mass is 312 g/mol. The third-order valence-electron chi connectivity index (χ3n) is 3.93. The van der Waals surface area contributed by atoms with E-state index in [2.05, 4.69) is 22.7 Å². The van der Waals surface area contributed by atoms with Crippen molar-refractivity contribution in [1.82, 2.24) is 0 Å². The second kappa shape index (κ2) is 4.68. The predicted octanol–water partition coefficient (Wildman–Crippen LogP) is 4.71. The first-order valence-corrected chi connectivity index (χ1v) is 8.33. The highest BCUT2D eigenvalue weighted by Crippen LogP contribution is 2.47. The second-order valence-electron chi connectivity index (χ2n) is 5.16. The maximum absolute atomic E-state index is 11.7. The van der Waals surface area contributed by atoms with Gasteiger partial charge in [-0.1, -0.05) is 42.5 Å². The zero-order valence-electron chi connectivity index (χ0n) is 11.8. The quantitative estimate of drug-likeness (QED) is 0.440. The summed E-state index contributed by atoms with van der Waals surface area (Å²) in [5.41, 5.74) is 0. The molecule has 4 aromatic rings. The summed E-state index contributed by atoms with van der Waals surface area (Å²) in [5, 5.41) is 6.29. The van der Waals surface area contributed by atoms with E-state index in [1.807, 2.05) is 30.3 Å². The maximum atomic E-state index is 11.7. The highest BCUT2D eigenvalue weighted by atomic mass is 31.2. The average molecular weight is 312 g/mol. The van der Waals surface area contributed by atoms with Gasteiger partial charge in [-0.05, 0) is 33.7 Å². The van der Waals surface area contributed by atoms with E-state index >= 15 is 0 Å². The Kier molecular flexibility index (Phi) is 2.88. The molecule has 0 fully saturated rings. The summed E-state index contributed by atoms with van der Waals surface area (Å²) in [6, 6.07) is 17.7. The van der Waals surface area contributed by atoms with Crippen molar-refractivity contribution in [1.29, 1.82) is 0 Å². The predicted molar refractivity (Wildman–Crippen MR) is 87.6 cm³/mol. The molecule has 0 aliphatic carbocycles. The van der Waals surface area contributed by atoms with Crippen molar-refractivity contribution in [3.8, 4) is 5.75 Å². The Bertz CT molecular complexity index is 1030. The molecule has 0 saturated heterocycles. The third-order valence-corrected chi connectivity index (χ3v) is 4.82. The van der Waals surface area contributed by atoms with E-state index in [0.717, 1.165) is 39.4 Å². The Labute approximate surface area is 126 Å². The Morgan fingerprint density at radius 1 is 0.864 bits per heavy atom. The van der Waals surface area contributed by atoms with Gasteiger partial charge in [0.05, 0.1) is 0 Å². The smallest absolute Gasteiger partial charge is 0.403 e. The van der Waals surface area contributed by atoms with E-state index in [1.165, 1.54) is 0 Å². The second-order valence-corrected chi connectivity index (χ2v) is 6.65. The van der Waals surface area contributed by atoms with Crippen molar-refractivity contribution in [2.45, 2.75) is 0 Å². The summed E-state index contributed by atoms with van der Waals surface area (Å²) in [7, 11) is -2.94. The topological polar surface area (TPSA) is 55.8 Å². The van der Waals surface area contributed by atoms with Gasteiger partial charge in [-0.2, -0.15) is 0 Å². The number of phosphoric acid groups is 1. The van der Waals surface area contributed by atoms with Gasteiger partial charge in [0.15, 0.2) is 0 Å². The Morgan fingerprint density at radius 3 is 2.14 bits per heavy atom. The molecular weight excluding hydrogens is 299 g/mol. The molecule has 0 radical (unpaired) electrons. The van der Waals surface area contributed by atoms with Gasteiger partial charge < -0.3 is 4.52 Å². The highest BCUT2D eigenvalue weighted by Gasteiger charge is 2.22. The van der Waals surface area contributed by atoms with Crippen molar-refractivity contribution in [3.05, 3.63) is 54.6 Å². The SMILES string of the molecule is COP(=O)(O)Oc1ccc2ccc3cccc4ccc1c2c34. The van der Waals surface area contributed by atoms with E-state index < -0.39 is 7.82 Å². The number of benzene rings is 4. The number of hydrogen-bond acceptors (Lipinski definition) is 3. The van der Waals surface area contributed by atoms with Gasteiger partial charge in [-0.15, -0.1) is 0 Å². The highest BCUT2D eigenvalue weighted by molar-refractivity contribution is 7.47. The molecule has 4 nitrogen and oxygen atoms in total. The molecule has 0 aromatic heterocycles. The van der Waals surface area contributed by atoms with Gasteiger partial charge >= 0.3 is 7.82 Å². The summed E-state index contributed by atoms with van der Waals surface area (Å²) in [4.78, 5) is 9.58. The number of hydrogen-bond donors (Lipinski definition) is 1. The van der Waals surface area contributed by atoms with Crippen LogP contribution in [0.5, 0.6) is 5.75 Å². The first kappa shape index (κ1) is 13.5. The van der Waals surface area contributed by atoms with Crippen LogP contribution in [0.15, 0.2) is 54.6 Å². The van der Waals surface area contributed by atoms with E-state index in [1.54, 1.807) is 6.07 Å². The van der Waals surface area contributed by atoms with Gasteiger partial charge in [0.2, 0.25) is 0 Å². The molecule has 0 spiro atoms. The van der Waals surface area contributed by atoms with Crippen LogP contribution in [0, 0.1) is 0 Å². The van der Waals surface area contributed by atoms with Crippen molar-refractivity contribution in [3.63, 3.8) is 0 Å². The van der Waals surface area contributed by atoms with Crippen LogP contribution in [0.25, 0.3) is 32.3 Å². The zero-order chi connectivity index (χ0) is 15.3. The zero-order valence-corrected chi connectivity index (χ0v) is 12.7. The van der Waals surface area contributed by atoms with Crippen LogP contribution in [-0.2, 0) is 9.09 Å². The van der Waals surface area contributed by atoms with E-state index in [0.29, 0.717) is 5.75 Å². The lowest BCUT2D eigenvalue weighted by molar-refractivity contribution is 0.243. The minimum atomic E-state index is -4.09.